The van der Waals surface area contributed by atoms with Gasteiger partial charge in [-0.05, 0) is 24.6 Å². The molecule has 0 bridgehead atoms. The molecular formula is C18H14N2O4. The Kier molecular flexibility index (Phi) is 3.87. The predicted octanol–water partition coefficient (Wildman–Crippen LogP) is 3.24. The molecule has 1 aromatic heterocycles. The smallest absolute Gasteiger partial charge is 0.357 e. The maximum Gasteiger partial charge on any atom is 0.357 e. The lowest BCUT2D eigenvalue weighted by Crippen LogP contribution is -2.07. The first-order chi connectivity index (χ1) is 11.5. The summed E-state index contributed by atoms with van der Waals surface area (Å²) >= 11 is 0. The van der Waals surface area contributed by atoms with Crippen LogP contribution in [0.3, 0.4) is 0 Å². The summed E-state index contributed by atoms with van der Waals surface area (Å²) in [7, 11) is 0. The fraction of sp³-hybridized carbons (Fsp3) is 0.0556. The number of nitrogens with zero attached hydrogens (tertiary/aromatic N) is 2. The first kappa shape index (κ1) is 15.5. The Morgan fingerprint density at radius 3 is 2.25 bits per heavy atom. The maximum absolute atomic E-state index is 11.7. The summed E-state index contributed by atoms with van der Waals surface area (Å²) in [6.07, 6.45) is 0. The van der Waals surface area contributed by atoms with Crippen LogP contribution in [-0.2, 0) is 0 Å². The van der Waals surface area contributed by atoms with Crippen molar-refractivity contribution >= 4 is 11.9 Å². The van der Waals surface area contributed by atoms with Crippen LogP contribution < -0.4 is 0 Å². The van der Waals surface area contributed by atoms with Crippen LogP contribution in [0.4, 0.5) is 0 Å². The fourth-order valence-corrected chi connectivity index (χ4v) is 2.58. The average Bonchev–Trinajstić information content (AvgIpc) is 2.96. The Labute approximate surface area is 137 Å². The zero-order valence-electron chi connectivity index (χ0n) is 12.8. The second-order valence-electron chi connectivity index (χ2n) is 5.30. The third kappa shape index (κ3) is 2.65. The van der Waals surface area contributed by atoms with Crippen LogP contribution >= 0.6 is 0 Å². The van der Waals surface area contributed by atoms with Gasteiger partial charge in [0.1, 0.15) is 5.56 Å². The van der Waals surface area contributed by atoms with Gasteiger partial charge in [-0.25, -0.2) is 14.3 Å². The van der Waals surface area contributed by atoms with E-state index in [-0.39, 0.29) is 11.3 Å². The molecule has 0 spiro atoms. The van der Waals surface area contributed by atoms with Crippen LogP contribution in [0.2, 0.25) is 0 Å². The minimum atomic E-state index is -1.38. The van der Waals surface area contributed by atoms with E-state index in [0.29, 0.717) is 11.3 Å². The number of carboxylic acids is 2. The van der Waals surface area contributed by atoms with E-state index < -0.39 is 17.6 Å². The number of aromatic nitrogens is 2. The van der Waals surface area contributed by atoms with E-state index in [1.54, 1.807) is 36.4 Å². The summed E-state index contributed by atoms with van der Waals surface area (Å²) in [6.45, 7) is 1.89. The number of hydrogen-bond donors (Lipinski definition) is 2. The van der Waals surface area contributed by atoms with E-state index in [9.17, 15) is 19.8 Å². The third-order valence-corrected chi connectivity index (χ3v) is 3.60. The molecule has 0 atom stereocenters. The van der Waals surface area contributed by atoms with Gasteiger partial charge < -0.3 is 10.2 Å². The van der Waals surface area contributed by atoms with Crippen molar-refractivity contribution in [2.75, 3.05) is 0 Å². The van der Waals surface area contributed by atoms with E-state index in [1.165, 1.54) is 4.68 Å². The van der Waals surface area contributed by atoms with Crippen LogP contribution in [0.25, 0.3) is 16.9 Å². The van der Waals surface area contributed by atoms with Gasteiger partial charge >= 0.3 is 11.9 Å². The summed E-state index contributed by atoms with van der Waals surface area (Å²) < 4.78 is 1.37. The minimum Gasteiger partial charge on any atom is -0.478 e. The number of rotatable bonds is 4. The molecule has 0 aliphatic carbocycles. The molecule has 0 saturated carbocycles. The van der Waals surface area contributed by atoms with E-state index in [1.807, 2.05) is 25.1 Å². The molecule has 0 aliphatic rings. The van der Waals surface area contributed by atoms with Crippen molar-refractivity contribution in [3.05, 3.63) is 71.4 Å². The summed E-state index contributed by atoms with van der Waals surface area (Å²) in [4.78, 5) is 23.2. The lowest BCUT2D eigenvalue weighted by Gasteiger charge is -2.09. The highest BCUT2D eigenvalue weighted by atomic mass is 16.4. The second kappa shape index (κ2) is 6.00. The molecule has 0 radical (unpaired) electrons. The summed E-state index contributed by atoms with van der Waals surface area (Å²) in [6, 6.07) is 16.0. The van der Waals surface area contributed by atoms with Gasteiger partial charge in [-0.15, -0.1) is 0 Å². The Balaban J connectivity index is 2.39. The van der Waals surface area contributed by atoms with Gasteiger partial charge in [0, 0.05) is 5.56 Å². The van der Waals surface area contributed by atoms with Gasteiger partial charge in [0.05, 0.1) is 11.4 Å². The standard InChI is InChI=1S/C18H14N2O4/c1-11-6-5-9-13(10-11)20-16(12-7-3-2-4-8-12)14(17(21)22)15(19-20)18(23)24/h2-10H,1H3,(H,21,22)(H,23,24). The zero-order valence-corrected chi connectivity index (χ0v) is 12.8. The van der Waals surface area contributed by atoms with Gasteiger partial charge in [-0.1, -0.05) is 42.5 Å². The number of carboxylic acid groups (broad SMARTS) is 2. The molecule has 120 valence electrons. The van der Waals surface area contributed by atoms with Gasteiger partial charge in [-0.2, -0.15) is 5.10 Å². The highest BCUT2D eigenvalue weighted by Crippen LogP contribution is 2.29. The summed E-state index contributed by atoms with van der Waals surface area (Å²) in [5.74, 6) is -2.71. The minimum absolute atomic E-state index is 0.242. The van der Waals surface area contributed by atoms with E-state index in [4.69, 9.17) is 0 Å². The lowest BCUT2D eigenvalue weighted by atomic mass is 10.1. The number of hydrogen-bond acceptors (Lipinski definition) is 3. The van der Waals surface area contributed by atoms with E-state index >= 15 is 0 Å². The number of aromatic carboxylic acids is 2. The van der Waals surface area contributed by atoms with Crippen molar-refractivity contribution in [1.82, 2.24) is 9.78 Å². The van der Waals surface area contributed by atoms with Crippen molar-refractivity contribution in [3.63, 3.8) is 0 Å². The van der Waals surface area contributed by atoms with Gasteiger partial charge in [0.15, 0.2) is 5.69 Å². The summed E-state index contributed by atoms with van der Waals surface area (Å²) in [5, 5.41) is 23.0. The van der Waals surface area contributed by atoms with Gasteiger partial charge in [0.2, 0.25) is 0 Å². The Morgan fingerprint density at radius 2 is 1.67 bits per heavy atom. The molecule has 24 heavy (non-hydrogen) atoms. The molecule has 2 aromatic carbocycles. The Hall–Kier alpha value is -3.41. The second-order valence-corrected chi connectivity index (χ2v) is 5.30. The third-order valence-electron chi connectivity index (χ3n) is 3.60. The lowest BCUT2D eigenvalue weighted by molar-refractivity contribution is 0.0648. The molecular weight excluding hydrogens is 308 g/mol. The first-order valence-electron chi connectivity index (χ1n) is 7.21. The van der Waals surface area contributed by atoms with Crippen LogP contribution in [0.5, 0.6) is 0 Å². The van der Waals surface area contributed by atoms with Crippen LogP contribution in [-0.4, -0.2) is 31.9 Å². The number of carbonyl (C=O) groups is 2. The van der Waals surface area contributed by atoms with Crippen molar-refractivity contribution in [2.45, 2.75) is 6.92 Å². The Morgan fingerprint density at radius 1 is 0.958 bits per heavy atom. The largest absolute Gasteiger partial charge is 0.478 e. The highest BCUT2D eigenvalue weighted by molar-refractivity contribution is 6.05. The average molecular weight is 322 g/mol. The van der Waals surface area contributed by atoms with Crippen molar-refractivity contribution in [3.8, 4) is 16.9 Å². The normalized spacial score (nSPS) is 10.5. The Bertz CT molecular complexity index is 929. The predicted molar refractivity (Wildman–Crippen MR) is 87.7 cm³/mol. The van der Waals surface area contributed by atoms with Crippen molar-refractivity contribution in [2.24, 2.45) is 0 Å². The molecule has 2 N–H and O–H groups in total. The molecule has 0 fully saturated rings. The monoisotopic (exact) mass is 322 g/mol. The highest BCUT2D eigenvalue weighted by Gasteiger charge is 2.29. The molecule has 0 unspecified atom stereocenters. The number of benzene rings is 2. The van der Waals surface area contributed by atoms with E-state index in [0.717, 1.165) is 5.56 Å². The first-order valence-corrected chi connectivity index (χ1v) is 7.21. The molecule has 0 amide bonds. The molecule has 3 rings (SSSR count). The zero-order chi connectivity index (χ0) is 17.3. The topological polar surface area (TPSA) is 92.4 Å². The van der Waals surface area contributed by atoms with Crippen molar-refractivity contribution in [1.29, 1.82) is 0 Å². The van der Waals surface area contributed by atoms with Crippen LogP contribution in [0.15, 0.2) is 54.6 Å². The maximum atomic E-state index is 11.7. The molecule has 3 aromatic rings. The van der Waals surface area contributed by atoms with Crippen LogP contribution in [0.1, 0.15) is 26.4 Å². The SMILES string of the molecule is Cc1cccc(-n2nc(C(=O)O)c(C(=O)O)c2-c2ccccc2)c1. The molecule has 0 saturated heterocycles. The number of aryl methyl sites for hydroxylation is 1. The van der Waals surface area contributed by atoms with E-state index in [2.05, 4.69) is 5.10 Å². The quantitative estimate of drug-likeness (QED) is 0.769. The van der Waals surface area contributed by atoms with Crippen LogP contribution in [0, 0.1) is 6.92 Å². The fourth-order valence-electron chi connectivity index (χ4n) is 2.58. The molecule has 6 nitrogen and oxygen atoms in total. The molecule has 6 heteroatoms. The van der Waals surface area contributed by atoms with Gasteiger partial charge in [-0.3, -0.25) is 0 Å². The van der Waals surface area contributed by atoms with Crippen molar-refractivity contribution < 1.29 is 19.8 Å². The summed E-state index contributed by atoms with van der Waals surface area (Å²) in [5.41, 5.74) is 1.57. The van der Waals surface area contributed by atoms with Gasteiger partial charge in [0.25, 0.3) is 0 Å². The molecule has 0 aliphatic heterocycles. The molecule has 1 heterocycles.